The van der Waals surface area contributed by atoms with Gasteiger partial charge in [-0.3, -0.25) is 0 Å². The highest BCUT2D eigenvalue weighted by Gasteiger charge is 2.20. The second kappa shape index (κ2) is 4.94. The molecule has 0 aliphatic rings. The normalized spacial score (nSPS) is 10.7. The van der Waals surface area contributed by atoms with Gasteiger partial charge in [-0.15, -0.1) is 0 Å². The van der Waals surface area contributed by atoms with Gasteiger partial charge in [0.05, 0.1) is 24.5 Å². The van der Waals surface area contributed by atoms with Crippen molar-refractivity contribution in [1.29, 1.82) is 0 Å². The minimum atomic E-state index is 0.224. The standard InChI is InChI=1S/C14H11ClN2O3/c1-18-9-4-2-8(3-5-9)11-12(17-20-14(11)16)10-6-7-19-13(10)15/h2-7H,16H2,1H3. The topological polar surface area (TPSA) is 74.4 Å². The Bertz CT molecular complexity index is 731. The lowest BCUT2D eigenvalue weighted by molar-refractivity contribution is 0.415. The van der Waals surface area contributed by atoms with E-state index in [1.54, 1.807) is 13.2 Å². The van der Waals surface area contributed by atoms with Gasteiger partial charge in [0.25, 0.3) is 0 Å². The Hall–Kier alpha value is -2.40. The minimum absolute atomic E-state index is 0.224. The molecule has 0 amide bonds. The van der Waals surface area contributed by atoms with Crippen LogP contribution in [0.5, 0.6) is 5.75 Å². The van der Waals surface area contributed by atoms with Crippen molar-refractivity contribution >= 4 is 17.5 Å². The number of hydrogen-bond acceptors (Lipinski definition) is 5. The summed E-state index contributed by atoms with van der Waals surface area (Å²) >= 11 is 5.98. The Kier molecular flexibility index (Phi) is 3.12. The highest BCUT2D eigenvalue weighted by atomic mass is 35.5. The molecule has 2 N–H and O–H groups in total. The van der Waals surface area contributed by atoms with E-state index < -0.39 is 0 Å². The van der Waals surface area contributed by atoms with Crippen molar-refractivity contribution < 1.29 is 13.7 Å². The first kappa shape index (κ1) is 12.6. The van der Waals surface area contributed by atoms with Crippen LogP contribution in [-0.2, 0) is 0 Å². The highest BCUT2D eigenvalue weighted by Crippen LogP contribution is 2.39. The number of nitrogens with zero attached hydrogens (tertiary/aromatic N) is 1. The van der Waals surface area contributed by atoms with Gasteiger partial charge in [0, 0.05) is 0 Å². The first-order chi connectivity index (χ1) is 9.70. The molecule has 6 heteroatoms. The molecule has 2 aromatic heterocycles. The van der Waals surface area contributed by atoms with E-state index in [0.717, 1.165) is 11.3 Å². The zero-order valence-corrected chi connectivity index (χ0v) is 11.3. The third-order valence-corrected chi connectivity index (χ3v) is 3.26. The van der Waals surface area contributed by atoms with Crippen LogP contribution in [0.25, 0.3) is 22.4 Å². The molecule has 0 unspecified atom stereocenters. The lowest BCUT2D eigenvalue weighted by Crippen LogP contribution is -1.88. The van der Waals surface area contributed by atoms with Gasteiger partial charge in [0.2, 0.25) is 11.1 Å². The van der Waals surface area contributed by atoms with Crippen molar-refractivity contribution in [3.8, 4) is 28.1 Å². The van der Waals surface area contributed by atoms with Gasteiger partial charge in [-0.1, -0.05) is 17.3 Å². The molecule has 20 heavy (non-hydrogen) atoms. The average Bonchev–Trinajstić information content (AvgIpc) is 3.05. The SMILES string of the molecule is COc1ccc(-c2c(-c3ccoc3Cl)noc2N)cc1. The van der Waals surface area contributed by atoms with Crippen LogP contribution in [0.15, 0.2) is 45.5 Å². The highest BCUT2D eigenvalue weighted by molar-refractivity contribution is 6.31. The summed E-state index contributed by atoms with van der Waals surface area (Å²) in [5.41, 5.74) is 8.59. The van der Waals surface area contributed by atoms with E-state index in [-0.39, 0.29) is 11.1 Å². The predicted octanol–water partition coefficient (Wildman–Crippen LogP) is 3.85. The van der Waals surface area contributed by atoms with Crippen LogP contribution in [-0.4, -0.2) is 12.3 Å². The van der Waals surface area contributed by atoms with Crippen LogP contribution in [0.1, 0.15) is 0 Å². The summed E-state index contributed by atoms with van der Waals surface area (Å²) in [6.45, 7) is 0. The summed E-state index contributed by atoms with van der Waals surface area (Å²) in [5, 5.41) is 4.21. The smallest absolute Gasteiger partial charge is 0.230 e. The zero-order valence-electron chi connectivity index (χ0n) is 10.6. The van der Waals surface area contributed by atoms with Crippen molar-refractivity contribution in [3.05, 3.63) is 41.8 Å². The lowest BCUT2D eigenvalue weighted by Gasteiger charge is -2.03. The maximum absolute atomic E-state index is 5.98. The fourth-order valence-electron chi connectivity index (χ4n) is 1.99. The van der Waals surface area contributed by atoms with Crippen LogP contribution in [0.4, 0.5) is 5.88 Å². The van der Waals surface area contributed by atoms with Crippen molar-refractivity contribution in [1.82, 2.24) is 5.16 Å². The predicted molar refractivity (Wildman–Crippen MR) is 75.6 cm³/mol. The second-order valence-electron chi connectivity index (χ2n) is 4.11. The van der Waals surface area contributed by atoms with E-state index in [4.69, 9.17) is 31.0 Å². The summed E-state index contributed by atoms with van der Waals surface area (Å²) in [5.74, 6) is 0.981. The van der Waals surface area contributed by atoms with Gasteiger partial charge < -0.3 is 19.4 Å². The number of anilines is 1. The number of nitrogen functional groups attached to an aromatic ring is 1. The molecule has 0 saturated carbocycles. The molecule has 0 aliphatic carbocycles. The van der Waals surface area contributed by atoms with Gasteiger partial charge in [-0.2, -0.15) is 0 Å². The van der Waals surface area contributed by atoms with E-state index in [9.17, 15) is 0 Å². The molecule has 3 aromatic rings. The quantitative estimate of drug-likeness (QED) is 0.793. The van der Waals surface area contributed by atoms with Crippen molar-refractivity contribution in [2.45, 2.75) is 0 Å². The third-order valence-electron chi connectivity index (χ3n) is 2.97. The molecule has 0 atom stereocenters. The molecular formula is C14H11ClN2O3. The monoisotopic (exact) mass is 290 g/mol. The number of halogens is 1. The molecule has 102 valence electrons. The van der Waals surface area contributed by atoms with Gasteiger partial charge in [0.1, 0.15) is 11.4 Å². The maximum Gasteiger partial charge on any atom is 0.230 e. The number of furan rings is 1. The number of nitrogens with two attached hydrogens (primary N) is 1. The summed E-state index contributed by atoms with van der Waals surface area (Å²) in [6, 6.07) is 9.14. The Morgan fingerprint density at radius 3 is 2.55 bits per heavy atom. The van der Waals surface area contributed by atoms with Gasteiger partial charge in [-0.25, -0.2) is 0 Å². The molecule has 2 heterocycles. The summed E-state index contributed by atoms with van der Waals surface area (Å²) in [4.78, 5) is 0. The molecule has 0 aliphatic heterocycles. The molecule has 0 bridgehead atoms. The van der Waals surface area contributed by atoms with E-state index in [1.165, 1.54) is 6.26 Å². The van der Waals surface area contributed by atoms with Crippen LogP contribution >= 0.6 is 11.6 Å². The summed E-state index contributed by atoms with van der Waals surface area (Å²) < 4.78 is 15.3. The summed E-state index contributed by atoms with van der Waals surface area (Å²) in [6.07, 6.45) is 1.49. The van der Waals surface area contributed by atoms with Crippen molar-refractivity contribution in [2.24, 2.45) is 0 Å². The van der Waals surface area contributed by atoms with Gasteiger partial charge >= 0.3 is 0 Å². The van der Waals surface area contributed by atoms with E-state index in [2.05, 4.69) is 5.16 Å². The van der Waals surface area contributed by atoms with Gasteiger partial charge in [-0.05, 0) is 35.4 Å². The number of aromatic nitrogens is 1. The number of benzene rings is 1. The number of ether oxygens (including phenoxy) is 1. The Labute approximate surface area is 119 Å². The lowest BCUT2D eigenvalue weighted by atomic mass is 10.0. The number of hydrogen-bond donors (Lipinski definition) is 1. The minimum Gasteiger partial charge on any atom is -0.497 e. The van der Waals surface area contributed by atoms with Gasteiger partial charge in [0.15, 0.2) is 0 Å². The van der Waals surface area contributed by atoms with Crippen LogP contribution < -0.4 is 10.5 Å². The van der Waals surface area contributed by atoms with E-state index in [1.807, 2.05) is 24.3 Å². The molecule has 5 nitrogen and oxygen atoms in total. The molecular weight excluding hydrogens is 280 g/mol. The first-order valence-electron chi connectivity index (χ1n) is 5.83. The molecule has 3 rings (SSSR count). The summed E-state index contributed by atoms with van der Waals surface area (Å²) in [7, 11) is 1.61. The molecule has 0 spiro atoms. The Morgan fingerprint density at radius 1 is 1.20 bits per heavy atom. The van der Waals surface area contributed by atoms with Crippen LogP contribution in [0, 0.1) is 0 Å². The van der Waals surface area contributed by atoms with Crippen molar-refractivity contribution in [3.63, 3.8) is 0 Å². The van der Waals surface area contributed by atoms with E-state index >= 15 is 0 Å². The van der Waals surface area contributed by atoms with E-state index in [0.29, 0.717) is 16.8 Å². The fourth-order valence-corrected chi connectivity index (χ4v) is 2.19. The Morgan fingerprint density at radius 2 is 1.95 bits per heavy atom. The largest absolute Gasteiger partial charge is 0.497 e. The average molecular weight is 291 g/mol. The first-order valence-corrected chi connectivity index (χ1v) is 6.21. The van der Waals surface area contributed by atoms with Crippen LogP contribution in [0.3, 0.4) is 0 Å². The number of rotatable bonds is 3. The maximum atomic E-state index is 5.98. The zero-order chi connectivity index (χ0) is 14.1. The Balaban J connectivity index is 2.13. The second-order valence-corrected chi connectivity index (χ2v) is 4.45. The molecule has 0 fully saturated rings. The van der Waals surface area contributed by atoms with Crippen LogP contribution in [0.2, 0.25) is 5.22 Å². The fraction of sp³-hybridized carbons (Fsp3) is 0.0714. The molecule has 0 radical (unpaired) electrons. The molecule has 0 saturated heterocycles. The molecule has 1 aromatic carbocycles. The van der Waals surface area contributed by atoms with Crippen molar-refractivity contribution in [2.75, 3.05) is 12.8 Å². The third kappa shape index (κ3) is 2.02. The number of methoxy groups -OCH3 is 1.